The van der Waals surface area contributed by atoms with E-state index in [1.54, 1.807) is 42.5 Å². The first-order chi connectivity index (χ1) is 9.58. The van der Waals surface area contributed by atoms with Crippen molar-refractivity contribution in [3.05, 3.63) is 69.2 Å². The van der Waals surface area contributed by atoms with Crippen LogP contribution in [0.4, 0.5) is 0 Å². The number of fused-ring (bicyclic) bond motifs is 1. The SMILES string of the molecule is O=C1c2ccccc2C(O)N1Cc1ccc(Cl)c(Cl)c1. The molecule has 3 nitrogen and oxygen atoms in total. The number of carbonyl (C=O) groups excluding carboxylic acids is 1. The van der Waals surface area contributed by atoms with Gasteiger partial charge >= 0.3 is 0 Å². The zero-order valence-corrected chi connectivity index (χ0v) is 11.9. The van der Waals surface area contributed by atoms with Crippen molar-refractivity contribution in [1.29, 1.82) is 0 Å². The first-order valence-electron chi connectivity index (χ1n) is 6.10. The third kappa shape index (κ3) is 2.18. The van der Waals surface area contributed by atoms with E-state index < -0.39 is 6.23 Å². The summed E-state index contributed by atoms with van der Waals surface area (Å²) < 4.78 is 0. The molecule has 5 heteroatoms. The number of carbonyl (C=O) groups is 1. The molecule has 1 atom stereocenters. The fourth-order valence-electron chi connectivity index (χ4n) is 2.34. The summed E-state index contributed by atoms with van der Waals surface area (Å²) in [5.41, 5.74) is 2.00. The fourth-order valence-corrected chi connectivity index (χ4v) is 2.66. The highest BCUT2D eigenvalue weighted by Gasteiger charge is 2.34. The highest BCUT2D eigenvalue weighted by Crippen LogP contribution is 2.33. The van der Waals surface area contributed by atoms with Crippen LogP contribution in [-0.2, 0) is 6.54 Å². The number of aliphatic hydroxyl groups excluding tert-OH is 1. The van der Waals surface area contributed by atoms with Crippen molar-refractivity contribution in [2.75, 3.05) is 0 Å². The average molecular weight is 308 g/mol. The lowest BCUT2D eigenvalue weighted by atomic mass is 10.1. The van der Waals surface area contributed by atoms with Crippen LogP contribution in [0.2, 0.25) is 10.0 Å². The first kappa shape index (κ1) is 13.4. The van der Waals surface area contributed by atoms with Crippen molar-refractivity contribution in [3.8, 4) is 0 Å². The molecule has 3 rings (SSSR count). The van der Waals surface area contributed by atoms with E-state index in [4.69, 9.17) is 23.2 Å². The van der Waals surface area contributed by atoms with E-state index in [1.807, 2.05) is 0 Å². The van der Waals surface area contributed by atoms with Crippen LogP contribution >= 0.6 is 23.2 Å². The van der Waals surface area contributed by atoms with Crippen molar-refractivity contribution in [2.24, 2.45) is 0 Å². The second kappa shape index (κ2) is 5.09. The van der Waals surface area contributed by atoms with Gasteiger partial charge in [0.1, 0.15) is 0 Å². The Morgan fingerprint density at radius 1 is 1.10 bits per heavy atom. The molecule has 1 N–H and O–H groups in total. The Hall–Kier alpha value is -1.55. The number of hydrogen-bond donors (Lipinski definition) is 1. The molecule has 20 heavy (non-hydrogen) atoms. The van der Waals surface area contributed by atoms with Gasteiger partial charge < -0.3 is 10.0 Å². The molecule has 0 bridgehead atoms. The lowest BCUT2D eigenvalue weighted by Crippen LogP contribution is -2.27. The predicted molar refractivity (Wildman–Crippen MR) is 77.7 cm³/mol. The molecule has 102 valence electrons. The van der Waals surface area contributed by atoms with Gasteiger partial charge in [-0.25, -0.2) is 0 Å². The van der Waals surface area contributed by atoms with Gasteiger partial charge in [0.15, 0.2) is 6.23 Å². The summed E-state index contributed by atoms with van der Waals surface area (Å²) in [6.45, 7) is 0.283. The van der Waals surface area contributed by atoms with E-state index in [0.717, 1.165) is 5.56 Å². The van der Waals surface area contributed by atoms with Gasteiger partial charge in [-0.1, -0.05) is 47.5 Å². The van der Waals surface area contributed by atoms with Crippen molar-refractivity contribution < 1.29 is 9.90 Å². The van der Waals surface area contributed by atoms with E-state index in [9.17, 15) is 9.90 Å². The quantitative estimate of drug-likeness (QED) is 0.920. The van der Waals surface area contributed by atoms with E-state index in [-0.39, 0.29) is 12.5 Å². The first-order valence-corrected chi connectivity index (χ1v) is 6.85. The molecule has 0 aromatic heterocycles. The Kier molecular flexibility index (Phi) is 3.42. The van der Waals surface area contributed by atoms with Gasteiger partial charge in [0.25, 0.3) is 5.91 Å². The Labute approximate surface area is 126 Å². The summed E-state index contributed by atoms with van der Waals surface area (Å²) in [5.74, 6) is -0.181. The van der Waals surface area contributed by atoms with Crippen LogP contribution in [0, 0.1) is 0 Å². The minimum absolute atomic E-state index is 0.181. The summed E-state index contributed by atoms with van der Waals surface area (Å²) in [5, 5.41) is 11.1. The topological polar surface area (TPSA) is 40.5 Å². The van der Waals surface area contributed by atoms with Crippen LogP contribution in [0.5, 0.6) is 0 Å². The largest absolute Gasteiger partial charge is 0.369 e. The standard InChI is InChI=1S/C15H11Cl2NO2/c16-12-6-5-9(7-13(12)17)8-18-14(19)10-3-1-2-4-11(10)15(18)20/h1-7,14,19H,8H2. The minimum Gasteiger partial charge on any atom is -0.369 e. The molecule has 1 aliphatic heterocycles. The number of aliphatic hydroxyl groups is 1. The normalized spacial score (nSPS) is 17.4. The monoisotopic (exact) mass is 307 g/mol. The molecule has 0 radical (unpaired) electrons. The molecular formula is C15H11Cl2NO2. The third-order valence-corrected chi connectivity index (χ3v) is 4.10. The maximum Gasteiger partial charge on any atom is 0.256 e. The Morgan fingerprint density at radius 3 is 2.55 bits per heavy atom. The summed E-state index contributed by atoms with van der Waals surface area (Å²) in [7, 11) is 0. The third-order valence-electron chi connectivity index (χ3n) is 3.36. The van der Waals surface area contributed by atoms with Gasteiger partial charge in [0.2, 0.25) is 0 Å². The highest BCUT2D eigenvalue weighted by atomic mass is 35.5. The molecule has 0 saturated heterocycles. The number of amides is 1. The van der Waals surface area contributed by atoms with Gasteiger partial charge in [-0.05, 0) is 23.8 Å². The number of halogens is 2. The molecule has 1 amide bonds. The van der Waals surface area contributed by atoms with E-state index in [1.165, 1.54) is 4.90 Å². The second-order valence-electron chi connectivity index (χ2n) is 4.64. The number of nitrogens with zero attached hydrogens (tertiary/aromatic N) is 1. The minimum atomic E-state index is -0.923. The zero-order chi connectivity index (χ0) is 14.3. The van der Waals surface area contributed by atoms with Gasteiger partial charge in [0.05, 0.1) is 10.0 Å². The zero-order valence-electron chi connectivity index (χ0n) is 10.4. The average Bonchev–Trinajstić information content (AvgIpc) is 2.69. The van der Waals surface area contributed by atoms with Crippen molar-refractivity contribution in [2.45, 2.75) is 12.8 Å². The van der Waals surface area contributed by atoms with Crippen LogP contribution in [0.25, 0.3) is 0 Å². The molecule has 2 aromatic carbocycles. The maximum atomic E-state index is 12.3. The lowest BCUT2D eigenvalue weighted by Gasteiger charge is -2.21. The van der Waals surface area contributed by atoms with Gasteiger partial charge in [0, 0.05) is 17.7 Å². The van der Waals surface area contributed by atoms with Crippen LogP contribution in [0.15, 0.2) is 42.5 Å². The summed E-state index contributed by atoms with van der Waals surface area (Å²) in [6, 6.07) is 12.2. The number of hydrogen-bond acceptors (Lipinski definition) is 2. The summed E-state index contributed by atoms with van der Waals surface area (Å²) in [6.07, 6.45) is -0.923. The van der Waals surface area contributed by atoms with Crippen LogP contribution < -0.4 is 0 Å². The molecule has 1 unspecified atom stereocenters. The molecule has 0 saturated carbocycles. The summed E-state index contributed by atoms with van der Waals surface area (Å²) >= 11 is 11.8. The number of benzene rings is 2. The van der Waals surface area contributed by atoms with Gasteiger partial charge in [-0.3, -0.25) is 4.79 Å². The molecule has 2 aromatic rings. The van der Waals surface area contributed by atoms with Crippen molar-refractivity contribution in [3.63, 3.8) is 0 Å². The molecule has 0 fully saturated rings. The second-order valence-corrected chi connectivity index (χ2v) is 5.46. The molecule has 0 aliphatic carbocycles. The van der Waals surface area contributed by atoms with Crippen LogP contribution in [0.1, 0.15) is 27.7 Å². The molecule has 0 spiro atoms. The lowest BCUT2D eigenvalue weighted by molar-refractivity contribution is 0.0137. The number of rotatable bonds is 2. The van der Waals surface area contributed by atoms with Gasteiger partial charge in [-0.2, -0.15) is 0 Å². The Morgan fingerprint density at radius 2 is 1.85 bits per heavy atom. The Bertz CT molecular complexity index is 687. The van der Waals surface area contributed by atoms with E-state index >= 15 is 0 Å². The van der Waals surface area contributed by atoms with Gasteiger partial charge in [-0.15, -0.1) is 0 Å². The fraction of sp³-hybridized carbons (Fsp3) is 0.133. The maximum absolute atomic E-state index is 12.3. The highest BCUT2D eigenvalue weighted by molar-refractivity contribution is 6.42. The van der Waals surface area contributed by atoms with E-state index in [2.05, 4.69) is 0 Å². The molecular weight excluding hydrogens is 297 g/mol. The molecule has 1 aliphatic rings. The van der Waals surface area contributed by atoms with Crippen molar-refractivity contribution >= 4 is 29.1 Å². The summed E-state index contributed by atoms with van der Waals surface area (Å²) in [4.78, 5) is 13.7. The van der Waals surface area contributed by atoms with Crippen molar-refractivity contribution in [1.82, 2.24) is 4.90 Å². The molecule has 1 heterocycles. The smallest absolute Gasteiger partial charge is 0.256 e. The van der Waals surface area contributed by atoms with E-state index in [0.29, 0.717) is 21.2 Å². The van der Waals surface area contributed by atoms with Crippen LogP contribution in [0.3, 0.4) is 0 Å². The Balaban J connectivity index is 1.89. The van der Waals surface area contributed by atoms with Crippen LogP contribution in [-0.4, -0.2) is 15.9 Å². The predicted octanol–water partition coefficient (Wildman–Crippen LogP) is 3.64.